The number of anilines is 1. The second-order valence-corrected chi connectivity index (χ2v) is 6.80. The van der Waals surface area contributed by atoms with Gasteiger partial charge in [-0.15, -0.1) is 0 Å². The first-order valence-electron chi connectivity index (χ1n) is 7.50. The van der Waals surface area contributed by atoms with E-state index in [1.165, 1.54) is 6.07 Å². The number of carbonyl (C=O) groups is 1. The zero-order valence-corrected chi connectivity index (χ0v) is 13.4. The minimum Gasteiger partial charge on any atom is -0.352 e. The molecule has 1 aromatic rings. The summed E-state index contributed by atoms with van der Waals surface area (Å²) in [5, 5.41) is 3.11. The van der Waals surface area contributed by atoms with Gasteiger partial charge in [-0.2, -0.15) is 0 Å². The Kier molecular flexibility index (Phi) is 4.42. The number of nitrogens with one attached hydrogen (secondary N) is 1. The highest BCUT2D eigenvalue weighted by molar-refractivity contribution is 9.10. The summed E-state index contributed by atoms with van der Waals surface area (Å²) >= 11 is 3.22. The fourth-order valence-corrected chi connectivity index (χ4v) is 3.22. The van der Waals surface area contributed by atoms with E-state index >= 15 is 0 Å². The van der Waals surface area contributed by atoms with Crippen molar-refractivity contribution >= 4 is 27.7 Å². The number of carbonyl (C=O) groups excluding carboxylic acids is 1. The lowest BCUT2D eigenvalue weighted by Crippen LogP contribution is -2.50. The first kappa shape index (κ1) is 14.8. The smallest absolute Gasteiger partial charge is 0.223 e. The molecule has 6 heteroatoms. The fraction of sp³-hybridized carbons (Fsp3) is 0.600. The number of amides is 1. The van der Waals surface area contributed by atoms with Gasteiger partial charge in [0, 0.05) is 35.7 Å². The van der Waals surface area contributed by atoms with Crippen LogP contribution >= 0.6 is 15.9 Å². The molecule has 3 rings (SSSR count). The second kappa shape index (κ2) is 6.30. The zero-order valence-electron chi connectivity index (χ0n) is 11.8. The molecule has 2 aliphatic rings. The third kappa shape index (κ3) is 3.36. The van der Waals surface area contributed by atoms with Crippen LogP contribution in [0.2, 0.25) is 0 Å². The average Bonchev–Trinajstić information content (AvgIpc) is 2.36. The van der Waals surface area contributed by atoms with Crippen molar-refractivity contribution in [3.63, 3.8) is 0 Å². The minimum absolute atomic E-state index is 0.0942. The molecule has 1 N–H and O–H groups in total. The Hall–Kier alpha value is -1.17. The Morgan fingerprint density at radius 2 is 2.19 bits per heavy atom. The van der Waals surface area contributed by atoms with Gasteiger partial charge in [0.1, 0.15) is 0 Å². The van der Waals surface area contributed by atoms with Crippen molar-refractivity contribution in [2.45, 2.75) is 38.1 Å². The molecule has 2 heterocycles. The van der Waals surface area contributed by atoms with Gasteiger partial charge in [0.25, 0.3) is 0 Å². The molecule has 1 atom stereocenters. The number of hydrogen-bond acceptors (Lipinski definition) is 3. The maximum Gasteiger partial charge on any atom is 0.223 e. The quantitative estimate of drug-likeness (QED) is 0.906. The van der Waals surface area contributed by atoms with Crippen molar-refractivity contribution in [1.82, 2.24) is 10.3 Å². The van der Waals surface area contributed by atoms with Crippen LogP contribution in [-0.2, 0) is 4.79 Å². The summed E-state index contributed by atoms with van der Waals surface area (Å²) in [7, 11) is 0. The SMILES string of the molecule is O=C(NC1CCCN(c2ncc(Br)cc2F)C1)C1CCC1. The summed E-state index contributed by atoms with van der Waals surface area (Å²) in [4.78, 5) is 18.1. The molecular weight excluding hydrogens is 337 g/mol. The van der Waals surface area contributed by atoms with E-state index < -0.39 is 0 Å². The van der Waals surface area contributed by atoms with Gasteiger partial charge in [-0.25, -0.2) is 9.37 Å². The van der Waals surface area contributed by atoms with Gasteiger partial charge in [0.2, 0.25) is 5.91 Å². The molecule has 1 unspecified atom stereocenters. The van der Waals surface area contributed by atoms with E-state index in [9.17, 15) is 9.18 Å². The second-order valence-electron chi connectivity index (χ2n) is 5.88. The Balaban J connectivity index is 1.63. The molecule has 114 valence electrons. The molecule has 0 bridgehead atoms. The number of hydrogen-bond donors (Lipinski definition) is 1. The molecule has 0 radical (unpaired) electrons. The number of rotatable bonds is 3. The van der Waals surface area contributed by atoms with Crippen LogP contribution in [0.1, 0.15) is 32.1 Å². The molecule has 1 saturated carbocycles. The Morgan fingerprint density at radius 1 is 1.38 bits per heavy atom. The van der Waals surface area contributed by atoms with Crippen LogP contribution in [0.4, 0.5) is 10.2 Å². The van der Waals surface area contributed by atoms with E-state index in [1.54, 1.807) is 6.20 Å². The number of aromatic nitrogens is 1. The molecule has 1 amide bonds. The standard InChI is InChI=1S/C15H19BrFN3O/c16-11-7-13(17)14(18-8-11)20-6-2-5-12(9-20)19-15(21)10-3-1-4-10/h7-8,10,12H,1-6,9H2,(H,19,21). The van der Waals surface area contributed by atoms with E-state index in [2.05, 4.69) is 26.2 Å². The highest BCUT2D eigenvalue weighted by Gasteiger charge is 2.29. The van der Waals surface area contributed by atoms with Crippen LogP contribution in [0, 0.1) is 11.7 Å². The predicted octanol–water partition coefficient (Wildman–Crippen LogP) is 2.87. The number of halogens is 2. The number of piperidine rings is 1. The monoisotopic (exact) mass is 355 g/mol. The van der Waals surface area contributed by atoms with Gasteiger partial charge in [0.05, 0.1) is 0 Å². The lowest BCUT2D eigenvalue weighted by molar-refractivity contribution is -0.128. The molecule has 1 saturated heterocycles. The molecule has 1 aliphatic heterocycles. The van der Waals surface area contributed by atoms with Crippen molar-refractivity contribution in [2.75, 3.05) is 18.0 Å². The third-order valence-corrected chi connectivity index (χ3v) is 4.77. The van der Waals surface area contributed by atoms with Crippen LogP contribution in [0.15, 0.2) is 16.7 Å². The molecule has 21 heavy (non-hydrogen) atoms. The summed E-state index contributed by atoms with van der Waals surface area (Å²) in [5.74, 6) is 0.413. The molecule has 2 fully saturated rings. The maximum absolute atomic E-state index is 14.0. The van der Waals surface area contributed by atoms with Crippen molar-refractivity contribution < 1.29 is 9.18 Å². The lowest BCUT2D eigenvalue weighted by atomic mass is 9.84. The predicted molar refractivity (Wildman–Crippen MR) is 82.6 cm³/mol. The highest BCUT2D eigenvalue weighted by atomic mass is 79.9. The van der Waals surface area contributed by atoms with Crippen LogP contribution in [-0.4, -0.2) is 30.0 Å². The molecule has 0 aromatic carbocycles. The van der Waals surface area contributed by atoms with E-state index in [4.69, 9.17) is 0 Å². The van der Waals surface area contributed by atoms with Crippen molar-refractivity contribution in [3.8, 4) is 0 Å². The largest absolute Gasteiger partial charge is 0.352 e. The van der Waals surface area contributed by atoms with Gasteiger partial charge in [-0.3, -0.25) is 4.79 Å². The fourth-order valence-electron chi connectivity index (χ4n) is 2.92. The first-order chi connectivity index (χ1) is 10.1. The van der Waals surface area contributed by atoms with Crippen LogP contribution < -0.4 is 10.2 Å². The summed E-state index contributed by atoms with van der Waals surface area (Å²) in [6, 6.07) is 1.52. The maximum atomic E-state index is 14.0. The molecule has 1 aromatic heterocycles. The number of nitrogens with zero attached hydrogens (tertiary/aromatic N) is 2. The highest BCUT2D eigenvalue weighted by Crippen LogP contribution is 2.27. The van der Waals surface area contributed by atoms with E-state index in [0.717, 1.165) is 38.6 Å². The van der Waals surface area contributed by atoms with Crippen molar-refractivity contribution in [2.24, 2.45) is 5.92 Å². The van der Waals surface area contributed by atoms with E-state index in [1.807, 2.05) is 4.90 Å². The topological polar surface area (TPSA) is 45.2 Å². The summed E-state index contributed by atoms with van der Waals surface area (Å²) in [6.07, 6.45) is 6.66. The van der Waals surface area contributed by atoms with E-state index in [0.29, 0.717) is 16.8 Å². The first-order valence-corrected chi connectivity index (χ1v) is 8.29. The van der Waals surface area contributed by atoms with Gasteiger partial charge in [0.15, 0.2) is 11.6 Å². The Morgan fingerprint density at radius 3 is 2.86 bits per heavy atom. The molecular formula is C15H19BrFN3O. The molecule has 0 spiro atoms. The Labute approximate surface area is 132 Å². The van der Waals surface area contributed by atoms with Crippen LogP contribution in [0.5, 0.6) is 0 Å². The van der Waals surface area contributed by atoms with Crippen LogP contribution in [0.3, 0.4) is 0 Å². The van der Waals surface area contributed by atoms with Gasteiger partial charge in [-0.05, 0) is 47.7 Å². The molecule has 4 nitrogen and oxygen atoms in total. The normalized spacial score (nSPS) is 22.8. The zero-order chi connectivity index (χ0) is 14.8. The lowest BCUT2D eigenvalue weighted by Gasteiger charge is -2.35. The van der Waals surface area contributed by atoms with Gasteiger partial charge >= 0.3 is 0 Å². The summed E-state index contributed by atoms with van der Waals surface area (Å²) in [6.45, 7) is 1.41. The third-order valence-electron chi connectivity index (χ3n) is 4.33. The van der Waals surface area contributed by atoms with Crippen LogP contribution in [0.25, 0.3) is 0 Å². The summed E-state index contributed by atoms with van der Waals surface area (Å²) < 4.78 is 14.6. The number of pyridine rings is 1. The van der Waals surface area contributed by atoms with Crippen molar-refractivity contribution in [1.29, 1.82) is 0 Å². The van der Waals surface area contributed by atoms with Gasteiger partial charge in [-0.1, -0.05) is 6.42 Å². The Bertz CT molecular complexity index is 536. The van der Waals surface area contributed by atoms with E-state index in [-0.39, 0.29) is 23.7 Å². The van der Waals surface area contributed by atoms with Crippen molar-refractivity contribution in [3.05, 3.63) is 22.6 Å². The van der Waals surface area contributed by atoms with Gasteiger partial charge < -0.3 is 10.2 Å². The summed E-state index contributed by atoms with van der Waals surface area (Å²) in [5.41, 5.74) is 0. The minimum atomic E-state index is -0.324. The molecule has 1 aliphatic carbocycles. The average molecular weight is 356 g/mol.